The molecule has 1 atom stereocenters. The van der Waals surface area contributed by atoms with Gasteiger partial charge in [-0.15, -0.1) is 0 Å². The SMILES string of the molecule is COc1cccc([C@H]2C(C(=O)Nc3ccccc3)=C(C)N=c3s/c(=C\c4cccc(Cl)c4Cl)c(=O)n32)c1. The molecule has 37 heavy (non-hydrogen) atoms. The van der Waals surface area contributed by atoms with Gasteiger partial charge in [-0.05, 0) is 54.5 Å². The van der Waals surface area contributed by atoms with Crippen molar-refractivity contribution in [2.75, 3.05) is 12.4 Å². The number of nitrogens with one attached hydrogen (secondary N) is 1. The number of carbonyl (C=O) groups excluding carboxylic acids is 1. The van der Waals surface area contributed by atoms with Crippen LogP contribution in [0.15, 0.2) is 93.9 Å². The van der Waals surface area contributed by atoms with Crippen LogP contribution in [-0.2, 0) is 4.79 Å². The summed E-state index contributed by atoms with van der Waals surface area (Å²) in [5, 5.41) is 3.70. The molecular weight excluding hydrogens is 529 g/mol. The largest absolute Gasteiger partial charge is 0.497 e. The normalized spacial score (nSPS) is 15.2. The number of fused-ring (bicyclic) bond motifs is 1. The summed E-state index contributed by atoms with van der Waals surface area (Å²) in [6, 6.07) is 21.0. The quantitative estimate of drug-likeness (QED) is 0.372. The molecule has 1 aliphatic rings. The zero-order valence-corrected chi connectivity index (χ0v) is 22.2. The summed E-state index contributed by atoms with van der Waals surface area (Å²) in [5.74, 6) is 0.273. The smallest absolute Gasteiger partial charge is 0.271 e. The fraction of sp³-hybridized carbons (Fsp3) is 0.107. The molecule has 2 heterocycles. The Morgan fingerprint density at radius 2 is 1.84 bits per heavy atom. The number of methoxy groups -OCH3 is 1. The molecule has 1 aliphatic heterocycles. The molecule has 186 valence electrons. The maximum atomic E-state index is 13.8. The Morgan fingerprint density at radius 1 is 1.08 bits per heavy atom. The van der Waals surface area contributed by atoms with Crippen LogP contribution < -0.4 is 24.9 Å². The standard InChI is InChI=1S/C28H21Cl2N3O3S/c1-16-23(26(34)32-19-10-4-3-5-11-19)25(18-9-6-12-20(14-18)36-2)33-27(35)22(37-28(33)31-16)15-17-8-7-13-21(29)24(17)30/h3-15,25H,1-2H3,(H,32,34)/b22-15-/t25-/m0/s1. The van der Waals surface area contributed by atoms with Crippen molar-refractivity contribution in [1.29, 1.82) is 0 Å². The number of carbonyl (C=O) groups is 1. The molecule has 9 heteroatoms. The summed E-state index contributed by atoms with van der Waals surface area (Å²) in [6.07, 6.45) is 1.70. The number of hydrogen-bond acceptors (Lipinski definition) is 5. The third kappa shape index (κ3) is 4.85. The summed E-state index contributed by atoms with van der Waals surface area (Å²) in [6.45, 7) is 1.78. The number of ether oxygens (including phenoxy) is 1. The minimum Gasteiger partial charge on any atom is -0.497 e. The molecule has 0 bridgehead atoms. The van der Waals surface area contributed by atoms with Crippen molar-refractivity contribution >= 4 is 52.2 Å². The Balaban J connectivity index is 1.71. The van der Waals surface area contributed by atoms with Gasteiger partial charge in [0.05, 0.1) is 39.0 Å². The van der Waals surface area contributed by atoms with Gasteiger partial charge in [0.25, 0.3) is 11.5 Å². The van der Waals surface area contributed by atoms with Gasteiger partial charge in [0.15, 0.2) is 4.80 Å². The maximum Gasteiger partial charge on any atom is 0.271 e. The Morgan fingerprint density at radius 3 is 2.59 bits per heavy atom. The van der Waals surface area contributed by atoms with Gasteiger partial charge in [0.1, 0.15) is 5.75 Å². The molecule has 1 aromatic heterocycles. The first-order valence-electron chi connectivity index (χ1n) is 11.3. The van der Waals surface area contributed by atoms with E-state index < -0.39 is 6.04 Å². The average molecular weight is 550 g/mol. The number of anilines is 1. The van der Waals surface area contributed by atoms with Crippen molar-refractivity contribution < 1.29 is 9.53 Å². The van der Waals surface area contributed by atoms with Gasteiger partial charge in [0.2, 0.25) is 0 Å². The Hall–Kier alpha value is -3.65. The van der Waals surface area contributed by atoms with Crippen LogP contribution in [0.5, 0.6) is 5.75 Å². The third-order valence-corrected chi connectivity index (χ3v) is 7.79. The first-order chi connectivity index (χ1) is 17.9. The second-order valence-electron chi connectivity index (χ2n) is 8.32. The highest BCUT2D eigenvalue weighted by atomic mass is 35.5. The monoisotopic (exact) mass is 549 g/mol. The van der Waals surface area contributed by atoms with Gasteiger partial charge in [-0.25, -0.2) is 4.99 Å². The van der Waals surface area contributed by atoms with E-state index in [1.54, 1.807) is 55.0 Å². The van der Waals surface area contributed by atoms with Crippen molar-refractivity contribution in [2.24, 2.45) is 4.99 Å². The molecule has 3 aromatic carbocycles. The lowest BCUT2D eigenvalue weighted by atomic mass is 9.95. The number of hydrogen-bond donors (Lipinski definition) is 1. The van der Waals surface area contributed by atoms with Crippen LogP contribution in [0, 0.1) is 0 Å². The molecule has 5 rings (SSSR count). The lowest BCUT2D eigenvalue weighted by Crippen LogP contribution is -2.40. The molecule has 0 aliphatic carbocycles. The van der Waals surface area contributed by atoms with E-state index in [9.17, 15) is 9.59 Å². The van der Waals surface area contributed by atoms with Gasteiger partial charge < -0.3 is 10.1 Å². The summed E-state index contributed by atoms with van der Waals surface area (Å²) in [7, 11) is 1.57. The number of aromatic nitrogens is 1. The lowest BCUT2D eigenvalue weighted by Gasteiger charge is -2.25. The van der Waals surface area contributed by atoms with E-state index in [1.807, 2.05) is 42.5 Å². The molecule has 0 saturated heterocycles. The zero-order chi connectivity index (χ0) is 26.1. The molecule has 1 amide bonds. The van der Waals surface area contributed by atoms with Gasteiger partial charge in [-0.3, -0.25) is 14.2 Å². The lowest BCUT2D eigenvalue weighted by molar-refractivity contribution is -0.113. The molecule has 6 nitrogen and oxygen atoms in total. The van der Waals surface area contributed by atoms with E-state index in [2.05, 4.69) is 10.3 Å². The summed E-state index contributed by atoms with van der Waals surface area (Å²) >= 11 is 13.8. The van der Waals surface area contributed by atoms with E-state index in [0.29, 0.717) is 47.6 Å². The number of amides is 1. The summed E-state index contributed by atoms with van der Waals surface area (Å²) in [5.41, 5.74) is 2.59. The maximum absolute atomic E-state index is 13.8. The van der Waals surface area contributed by atoms with Gasteiger partial charge >= 0.3 is 0 Å². The predicted octanol–water partition coefficient (Wildman–Crippen LogP) is 5.19. The summed E-state index contributed by atoms with van der Waals surface area (Å²) < 4.78 is 7.41. The Labute approximate surface area is 226 Å². The van der Waals surface area contributed by atoms with Gasteiger partial charge in [0, 0.05) is 5.69 Å². The van der Waals surface area contributed by atoms with Gasteiger partial charge in [-0.1, -0.05) is 77.0 Å². The second-order valence-corrected chi connectivity index (χ2v) is 10.1. The van der Waals surface area contributed by atoms with E-state index >= 15 is 0 Å². The first kappa shape index (κ1) is 25.0. The zero-order valence-electron chi connectivity index (χ0n) is 19.9. The Bertz CT molecular complexity index is 1730. The highest BCUT2D eigenvalue weighted by Gasteiger charge is 2.32. The van der Waals surface area contributed by atoms with Crippen molar-refractivity contribution in [3.63, 3.8) is 0 Å². The van der Waals surface area contributed by atoms with Crippen LogP contribution in [0.3, 0.4) is 0 Å². The van der Waals surface area contributed by atoms with Gasteiger partial charge in [-0.2, -0.15) is 0 Å². The molecular formula is C28H21Cl2N3O3S. The number of para-hydroxylation sites is 1. The molecule has 1 N–H and O–H groups in total. The third-order valence-electron chi connectivity index (χ3n) is 5.98. The molecule has 0 fully saturated rings. The highest BCUT2D eigenvalue weighted by Crippen LogP contribution is 2.32. The number of thiazole rings is 1. The topological polar surface area (TPSA) is 72.7 Å². The van der Waals surface area contributed by atoms with Crippen LogP contribution >= 0.6 is 34.5 Å². The average Bonchev–Trinajstić information content (AvgIpc) is 3.20. The fourth-order valence-electron chi connectivity index (χ4n) is 4.23. The van der Waals surface area contributed by atoms with Crippen molar-refractivity contribution in [1.82, 2.24) is 4.57 Å². The molecule has 0 saturated carbocycles. The molecule has 4 aromatic rings. The number of nitrogens with zero attached hydrogens (tertiary/aromatic N) is 2. The first-order valence-corrected chi connectivity index (χ1v) is 12.9. The van der Waals surface area contributed by atoms with Crippen molar-refractivity contribution in [3.8, 4) is 5.75 Å². The molecule has 0 radical (unpaired) electrons. The minimum absolute atomic E-state index is 0.287. The van der Waals surface area contributed by atoms with E-state index in [0.717, 1.165) is 5.56 Å². The number of halogens is 2. The predicted molar refractivity (Wildman–Crippen MR) is 148 cm³/mol. The Kier molecular flexibility index (Phi) is 7.02. The van der Waals surface area contributed by atoms with Crippen molar-refractivity contribution in [2.45, 2.75) is 13.0 Å². The van der Waals surface area contributed by atoms with Crippen LogP contribution in [0.1, 0.15) is 24.1 Å². The fourth-order valence-corrected chi connectivity index (χ4v) is 5.63. The minimum atomic E-state index is -0.716. The molecule has 0 unspecified atom stereocenters. The van der Waals surface area contributed by atoms with Crippen LogP contribution in [-0.4, -0.2) is 17.6 Å². The molecule has 0 spiro atoms. The summed E-state index contributed by atoms with van der Waals surface area (Å²) in [4.78, 5) is 32.6. The second kappa shape index (κ2) is 10.4. The number of benzene rings is 3. The van der Waals surface area contributed by atoms with Crippen LogP contribution in [0.25, 0.3) is 6.08 Å². The highest BCUT2D eigenvalue weighted by molar-refractivity contribution is 7.07. The van der Waals surface area contributed by atoms with E-state index in [1.165, 1.54) is 11.3 Å². The van der Waals surface area contributed by atoms with Crippen LogP contribution in [0.2, 0.25) is 10.0 Å². The van der Waals surface area contributed by atoms with Crippen molar-refractivity contribution in [3.05, 3.63) is 125 Å². The number of rotatable bonds is 5. The van der Waals surface area contributed by atoms with E-state index in [-0.39, 0.29) is 11.5 Å². The van der Waals surface area contributed by atoms with Crippen LogP contribution in [0.4, 0.5) is 5.69 Å². The number of allylic oxidation sites excluding steroid dienone is 1. The van der Waals surface area contributed by atoms with E-state index in [4.69, 9.17) is 27.9 Å².